The van der Waals surface area contributed by atoms with Crippen LogP contribution in [0.1, 0.15) is 23.6 Å². The van der Waals surface area contributed by atoms with E-state index in [4.69, 9.17) is 9.47 Å². The van der Waals surface area contributed by atoms with E-state index in [2.05, 4.69) is 5.32 Å². The number of rotatable bonds is 8. The number of hydrogen-bond donors (Lipinski definition) is 2. The molecule has 0 radical (unpaired) electrons. The Bertz CT molecular complexity index is 730. The Labute approximate surface area is 146 Å². The van der Waals surface area contributed by atoms with Crippen LogP contribution < -0.4 is 14.8 Å². The molecular weight excluding hydrogens is 322 g/mol. The Balaban J connectivity index is 2.03. The van der Waals surface area contributed by atoms with Gasteiger partial charge in [-0.25, -0.2) is 4.79 Å². The van der Waals surface area contributed by atoms with Gasteiger partial charge in [0.1, 0.15) is 11.5 Å². The second-order valence-electron chi connectivity index (χ2n) is 5.43. The van der Waals surface area contributed by atoms with Crippen LogP contribution in [0.15, 0.2) is 48.5 Å². The van der Waals surface area contributed by atoms with Crippen LogP contribution in [-0.2, 0) is 16.0 Å². The fraction of sp³-hybridized carbons (Fsp3) is 0.263. The molecule has 0 heterocycles. The van der Waals surface area contributed by atoms with Crippen LogP contribution >= 0.6 is 0 Å². The summed E-state index contributed by atoms with van der Waals surface area (Å²) in [4.78, 5) is 23.7. The molecule has 0 unspecified atom stereocenters. The SMILES string of the molecule is COc1ccc(OC)c(CCC(=O)N[C@@H](C(=O)O)c2ccccc2)c1. The lowest BCUT2D eigenvalue weighted by Gasteiger charge is -2.15. The van der Waals surface area contributed by atoms with E-state index in [9.17, 15) is 14.7 Å². The predicted molar refractivity (Wildman–Crippen MR) is 92.8 cm³/mol. The van der Waals surface area contributed by atoms with Gasteiger partial charge in [-0.05, 0) is 35.7 Å². The Morgan fingerprint density at radius 2 is 1.80 bits per heavy atom. The summed E-state index contributed by atoms with van der Waals surface area (Å²) in [7, 11) is 3.12. The maximum Gasteiger partial charge on any atom is 0.330 e. The van der Waals surface area contributed by atoms with E-state index < -0.39 is 12.0 Å². The third kappa shape index (κ3) is 4.97. The van der Waals surface area contributed by atoms with Crippen molar-refractivity contribution < 1.29 is 24.2 Å². The van der Waals surface area contributed by atoms with Crippen molar-refractivity contribution in [3.05, 3.63) is 59.7 Å². The maximum atomic E-state index is 12.2. The fourth-order valence-corrected chi connectivity index (χ4v) is 2.49. The summed E-state index contributed by atoms with van der Waals surface area (Å²) in [6, 6.07) is 12.9. The van der Waals surface area contributed by atoms with Crippen molar-refractivity contribution in [3.8, 4) is 11.5 Å². The number of nitrogens with one attached hydrogen (secondary N) is 1. The standard InChI is InChI=1S/C19H21NO5/c1-24-15-9-10-16(25-2)14(12-15)8-11-17(21)20-18(19(22)23)13-6-4-3-5-7-13/h3-7,9-10,12,18H,8,11H2,1-2H3,(H,20,21)(H,22,23)/t18-/m1/s1. The molecule has 0 fully saturated rings. The molecule has 0 aliphatic rings. The van der Waals surface area contributed by atoms with E-state index in [-0.39, 0.29) is 12.3 Å². The fourth-order valence-electron chi connectivity index (χ4n) is 2.49. The highest BCUT2D eigenvalue weighted by atomic mass is 16.5. The molecule has 2 rings (SSSR count). The number of carboxylic acids is 1. The van der Waals surface area contributed by atoms with Gasteiger partial charge >= 0.3 is 5.97 Å². The normalized spacial score (nSPS) is 11.4. The Kier molecular flexibility index (Phi) is 6.39. The predicted octanol–water partition coefficient (Wildman–Crippen LogP) is 2.58. The molecule has 6 nitrogen and oxygen atoms in total. The third-order valence-corrected chi connectivity index (χ3v) is 3.79. The molecule has 0 aliphatic carbocycles. The average molecular weight is 343 g/mol. The zero-order valence-electron chi connectivity index (χ0n) is 14.2. The van der Waals surface area contributed by atoms with Crippen LogP contribution in [0, 0.1) is 0 Å². The second-order valence-corrected chi connectivity index (χ2v) is 5.43. The van der Waals surface area contributed by atoms with Gasteiger partial charge in [0.25, 0.3) is 0 Å². The molecule has 2 aromatic rings. The van der Waals surface area contributed by atoms with Crippen molar-refractivity contribution in [2.45, 2.75) is 18.9 Å². The highest BCUT2D eigenvalue weighted by molar-refractivity contribution is 5.84. The number of carbonyl (C=O) groups is 2. The lowest BCUT2D eigenvalue weighted by molar-refractivity contribution is -0.142. The number of methoxy groups -OCH3 is 2. The summed E-state index contributed by atoms with van der Waals surface area (Å²) in [6.45, 7) is 0. The number of benzene rings is 2. The first-order valence-corrected chi connectivity index (χ1v) is 7.83. The van der Waals surface area contributed by atoms with Gasteiger partial charge in [-0.3, -0.25) is 4.79 Å². The first-order valence-electron chi connectivity index (χ1n) is 7.83. The molecular formula is C19H21NO5. The van der Waals surface area contributed by atoms with Crippen molar-refractivity contribution >= 4 is 11.9 Å². The lowest BCUT2D eigenvalue weighted by atomic mass is 10.1. The molecule has 0 saturated heterocycles. The molecule has 0 spiro atoms. The van der Waals surface area contributed by atoms with E-state index in [1.807, 2.05) is 0 Å². The van der Waals surface area contributed by atoms with Crippen LogP contribution in [0.3, 0.4) is 0 Å². The second kappa shape index (κ2) is 8.73. The van der Waals surface area contributed by atoms with Gasteiger partial charge < -0.3 is 19.9 Å². The van der Waals surface area contributed by atoms with Crippen molar-refractivity contribution in [3.63, 3.8) is 0 Å². The molecule has 0 bridgehead atoms. The maximum absolute atomic E-state index is 12.2. The van der Waals surface area contributed by atoms with Gasteiger partial charge in [0.2, 0.25) is 5.91 Å². The Hall–Kier alpha value is -3.02. The quantitative estimate of drug-likeness (QED) is 0.769. The van der Waals surface area contributed by atoms with Crippen molar-refractivity contribution in [1.29, 1.82) is 0 Å². The van der Waals surface area contributed by atoms with Gasteiger partial charge in [-0.1, -0.05) is 30.3 Å². The largest absolute Gasteiger partial charge is 0.497 e. The minimum absolute atomic E-state index is 0.139. The summed E-state index contributed by atoms with van der Waals surface area (Å²) in [5, 5.41) is 11.9. The van der Waals surface area contributed by atoms with Crippen LogP contribution in [-0.4, -0.2) is 31.2 Å². The van der Waals surface area contributed by atoms with Gasteiger partial charge in [0.15, 0.2) is 6.04 Å². The van der Waals surface area contributed by atoms with Crippen molar-refractivity contribution in [1.82, 2.24) is 5.32 Å². The van der Waals surface area contributed by atoms with Gasteiger partial charge in [-0.15, -0.1) is 0 Å². The molecule has 2 aromatic carbocycles. The number of hydrogen-bond acceptors (Lipinski definition) is 4. The molecule has 25 heavy (non-hydrogen) atoms. The first kappa shape index (κ1) is 18.3. The van der Waals surface area contributed by atoms with E-state index in [0.29, 0.717) is 23.5 Å². The number of carbonyl (C=O) groups excluding carboxylic acids is 1. The number of amides is 1. The summed E-state index contributed by atoms with van der Waals surface area (Å²) in [5.41, 5.74) is 1.35. The van der Waals surface area contributed by atoms with Crippen LogP contribution in [0.25, 0.3) is 0 Å². The molecule has 132 valence electrons. The van der Waals surface area contributed by atoms with E-state index in [0.717, 1.165) is 5.56 Å². The number of ether oxygens (including phenoxy) is 2. The molecule has 1 amide bonds. The third-order valence-electron chi connectivity index (χ3n) is 3.79. The van der Waals surface area contributed by atoms with Crippen molar-refractivity contribution in [2.75, 3.05) is 14.2 Å². The van der Waals surface area contributed by atoms with Gasteiger partial charge in [0, 0.05) is 6.42 Å². The highest BCUT2D eigenvalue weighted by Crippen LogP contribution is 2.25. The molecule has 2 N–H and O–H groups in total. The van der Waals surface area contributed by atoms with E-state index in [1.165, 1.54) is 0 Å². The molecule has 0 saturated carbocycles. The number of aryl methyl sites for hydroxylation is 1. The molecule has 1 atom stereocenters. The minimum Gasteiger partial charge on any atom is -0.497 e. The Morgan fingerprint density at radius 3 is 2.40 bits per heavy atom. The summed E-state index contributed by atoms with van der Waals surface area (Å²) in [6.07, 6.45) is 0.549. The van der Waals surface area contributed by atoms with E-state index >= 15 is 0 Å². The molecule has 6 heteroatoms. The van der Waals surface area contributed by atoms with Crippen LogP contribution in [0.5, 0.6) is 11.5 Å². The lowest BCUT2D eigenvalue weighted by Crippen LogP contribution is -2.33. The number of aliphatic carboxylic acids is 1. The van der Waals surface area contributed by atoms with Gasteiger partial charge in [0.05, 0.1) is 14.2 Å². The van der Waals surface area contributed by atoms with Gasteiger partial charge in [-0.2, -0.15) is 0 Å². The van der Waals surface area contributed by atoms with Crippen molar-refractivity contribution in [2.24, 2.45) is 0 Å². The zero-order valence-corrected chi connectivity index (χ0v) is 14.2. The Morgan fingerprint density at radius 1 is 1.08 bits per heavy atom. The highest BCUT2D eigenvalue weighted by Gasteiger charge is 2.21. The molecule has 0 aromatic heterocycles. The smallest absolute Gasteiger partial charge is 0.330 e. The summed E-state index contributed by atoms with van der Waals surface area (Å²) in [5.74, 6) is -0.116. The first-order chi connectivity index (χ1) is 12.0. The number of carboxylic acid groups (broad SMARTS) is 1. The topological polar surface area (TPSA) is 84.9 Å². The summed E-state index contributed by atoms with van der Waals surface area (Å²) >= 11 is 0. The molecule has 0 aliphatic heterocycles. The van der Waals surface area contributed by atoms with Crippen LogP contribution in [0.2, 0.25) is 0 Å². The summed E-state index contributed by atoms with van der Waals surface area (Å²) < 4.78 is 10.5. The monoisotopic (exact) mass is 343 g/mol. The zero-order chi connectivity index (χ0) is 18.2. The van der Waals surface area contributed by atoms with E-state index in [1.54, 1.807) is 62.8 Å². The minimum atomic E-state index is -1.10. The van der Waals surface area contributed by atoms with Crippen LogP contribution in [0.4, 0.5) is 0 Å². The average Bonchev–Trinajstić information content (AvgIpc) is 2.64.